The lowest BCUT2D eigenvalue weighted by molar-refractivity contribution is 0.253. The number of anilines is 1. The second-order valence-corrected chi connectivity index (χ2v) is 3.08. The Labute approximate surface area is 98.2 Å². The topological polar surface area (TPSA) is 109 Å². The first-order valence-electron chi connectivity index (χ1n) is 4.84. The van der Waals surface area contributed by atoms with E-state index in [0.29, 0.717) is 11.4 Å². The highest BCUT2D eigenvalue weighted by Gasteiger charge is 2.06. The number of urea groups is 1. The molecule has 0 saturated carbocycles. The average Bonchev–Trinajstić information content (AvgIpc) is 2.37. The Kier molecular flexibility index (Phi) is 4.61. The van der Waals surface area contributed by atoms with Crippen molar-refractivity contribution >= 4 is 17.6 Å². The zero-order valence-electron chi connectivity index (χ0n) is 9.30. The maximum absolute atomic E-state index is 11.2. The summed E-state index contributed by atoms with van der Waals surface area (Å²) in [5.74, 6) is 0.377. The van der Waals surface area contributed by atoms with E-state index in [1.54, 1.807) is 24.3 Å². The van der Waals surface area contributed by atoms with Crippen molar-refractivity contribution in [3.63, 3.8) is 0 Å². The monoisotopic (exact) mass is 238 g/mol. The van der Waals surface area contributed by atoms with Crippen molar-refractivity contribution < 1.29 is 14.7 Å². The number of benzene rings is 1. The van der Waals surface area contributed by atoms with Crippen LogP contribution in [0.2, 0.25) is 0 Å². The molecule has 0 heterocycles. The number of oxime groups is 1. The predicted octanol–water partition coefficient (Wildman–Crippen LogP) is 0.563. The van der Waals surface area contributed by atoms with Crippen LogP contribution in [0.25, 0.3) is 0 Å². The van der Waals surface area contributed by atoms with Crippen LogP contribution in [-0.2, 0) is 0 Å². The van der Waals surface area contributed by atoms with E-state index >= 15 is 0 Å². The van der Waals surface area contributed by atoms with Crippen LogP contribution < -0.4 is 21.1 Å². The molecular weight excluding hydrogens is 224 g/mol. The van der Waals surface area contributed by atoms with Gasteiger partial charge in [0.25, 0.3) is 0 Å². The van der Waals surface area contributed by atoms with Gasteiger partial charge in [-0.25, -0.2) is 4.79 Å². The van der Waals surface area contributed by atoms with Gasteiger partial charge < -0.3 is 26.3 Å². The molecule has 0 aliphatic rings. The van der Waals surface area contributed by atoms with E-state index in [4.69, 9.17) is 15.7 Å². The van der Waals surface area contributed by atoms with E-state index in [0.717, 1.165) is 0 Å². The number of carbonyl (C=O) groups excluding carboxylic acids is 1. The Morgan fingerprint density at radius 2 is 2.24 bits per heavy atom. The molecule has 0 atom stereocenters. The molecule has 1 rings (SSSR count). The van der Waals surface area contributed by atoms with E-state index < -0.39 is 0 Å². The van der Waals surface area contributed by atoms with Gasteiger partial charge in [0.1, 0.15) is 12.4 Å². The van der Waals surface area contributed by atoms with Gasteiger partial charge in [-0.2, -0.15) is 0 Å². The highest BCUT2D eigenvalue weighted by molar-refractivity contribution is 5.90. The molecule has 0 fully saturated rings. The maximum atomic E-state index is 11.2. The van der Waals surface area contributed by atoms with E-state index in [-0.39, 0.29) is 18.5 Å². The van der Waals surface area contributed by atoms with E-state index in [1.165, 1.54) is 7.05 Å². The summed E-state index contributed by atoms with van der Waals surface area (Å²) in [6.07, 6.45) is 0. The minimum Gasteiger partial charge on any atom is -0.483 e. The molecule has 7 nitrogen and oxygen atoms in total. The highest BCUT2D eigenvalue weighted by atomic mass is 16.5. The van der Waals surface area contributed by atoms with Crippen LogP contribution in [0.4, 0.5) is 10.5 Å². The quantitative estimate of drug-likeness (QED) is 0.266. The van der Waals surface area contributed by atoms with Gasteiger partial charge >= 0.3 is 6.03 Å². The SMILES string of the molecule is CNC(=O)Nc1ccccc1OC/C(N)=N/O. The minimum atomic E-state index is -0.357. The molecule has 1 aromatic rings. The van der Waals surface area contributed by atoms with Crippen molar-refractivity contribution in [2.75, 3.05) is 19.0 Å². The summed E-state index contributed by atoms with van der Waals surface area (Å²) in [5.41, 5.74) is 5.77. The molecule has 17 heavy (non-hydrogen) atoms. The van der Waals surface area contributed by atoms with Crippen LogP contribution in [0.1, 0.15) is 0 Å². The number of para-hydroxylation sites is 2. The summed E-state index contributed by atoms with van der Waals surface area (Å²) in [6.45, 7) is -0.0665. The standard InChI is InChI=1S/C10H14N4O3/c1-12-10(15)13-7-4-2-3-5-8(7)17-6-9(11)14-16/h2-5,16H,6H2,1H3,(H2,11,14)(H2,12,13,15). The molecule has 0 unspecified atom stereocenters. The second-order valence-electron chi connectivity index (χ2n) is 3.08. The molecule has 92 valence electrons. The Morgan fingerprint density at radius 3 is 2.88 bits per heavy atom. The van der Waals surface area contributed by atoms with E-state index in [2.05, 4.69) is 15.8 Å². The zero-order chi connectivity index (χ0) is 12.7. The Morgan fingerprint density at radius 1 is 1.53 bits per heavy atom. The van der Waals surface area contributed by atoms with E-state index in [9.17, 15) is 4.79 Å². The highest BCUT2D eigenvalue weighted by Crippen LogP contribution is 2.23. The van der Waals surface area contributed by atoms with Gasteiger partial charge in [-0.15, -0.1) is 0 Å². The van der Waals surface area contributed by atoms with Gasteiger partial charge in [0.15, 0.2) is 5.84 Å². The van der Waals surface area contributed by atoms with Gasteiger partial charge in [-0.1, -0.05) is 17.3 Å². The molecule has 0 aliphatic heterocycles. The van der Waals surface area contributed by atoms with Crippen LogP contribution in [0.3, 0.4) is 0 Å². The number of nitrogens with one attached hydrogen (secondary N) is 2. The van der Waals surface area contributed by atoms with Crippen LogP contribution in [0.5, 0.6) is 5.75 Å². The Bertz CT molecular complexity index is 420. The first-order valence-corrected chi connectivity index (χ1v) is 4.84. The fourth-order valence-corrected chi connectivity index (χ4v) is 1.06. The molecule has 0 radical (unpaired) electrons. The van der Waals surface area contributed by atoms with Gasteiger partial charge in [-0.05, 0) is 12.1 Å². The van der Waals surface area contributed by atoms with Gasteiger partial charge in [0.05, 0.1) is 5.69 Å². The van der Waals surface area contributed by atoms with Crippen molar-refractivity contribution in [1.29, 1.82) is 0 Å². The number of nitrogens with zero attached hydrogens (tertiary/aromatic N) is 1. The third-order valence-electron chi connectivity index (χ3n) is 1.87. The Balaban J connectivity index is 2.74. The number of rotatable bonds is 4. The van der Waals surface area contributed by atoms with Gasteiger partial charge in [0, 0.05) is 7.05 Å². The van der Waals surface area contributed by atoms with Crippen molar-refractivity contribution in [1.82, 2.24) is 5.32 Å². The first-order chi connectivity index (χ1) is 8.17. The molecule has 0 spiro atoms. The third-order valence-corrected chi connectivity index (χ3v) is 1.87. The maximum Gasteiger partial charge on any atom is 0.319 e. The number of ether oxygens (including phenoxy) is 1. The number of carbonyl (C=O) groups is 1. The fraction of sp³-hybridized carbons (Fsp3) is 0.200. The number of nitrogens with two attached hydrogens (primary N) is 1. The van der Waals surface area contributed by atoms with Gasteiger partial charge in [0.2, 0.25) is 0 Å². The molecule has 0 aromatic heterocycles. The van der Waals surface area contributed by atoms with Gasteiger partial charge in [-0.3, -0.25) is 0 Å². The number of amidine groups is 1. The largest absolute Gasteiger partial charge is 0.483 e. The van der Waals surface area contributed by atoms with Crippen LogP contribution in [-0.4, -0.2) is 30.7 Å². The average molecular weight is 238 g/mol. The van der Waals surface area contributed by atoms with Crippen LogP contribution in [0.15, 0.2) is 29.4 Å². The molecule has 5 N–H and O–H groups in total. The van der Waals surface area contributed by atoms with Crippen molar-refractivity contribution in [3.05, 3.63) is 24.3 Å². The summed E-state index contributed by atoms with van der Waals surface area (Å²) in [6, 6.07) is 6.48. The molecule has 2 amide bonds. The number of hydrogen-bond acceptors (Lipinski definition) is 4. The Hall–Kier alpha value is -2.44. The first kappa shape index (κ1) is 12.6. The molecule has 0 aliphatic carbocycles. The van der Waals surface area contributed by atoms with Crippen molar-refractivity contribution in [2.24, 2.45) is 10.9 Å². The summed E-state index contributed by atoms with van der Waals surface area (Å²) in [5, 5.41) is 16.2. The predicted molar refractivity (Wildman–Crippen MR) is 63.4 cm³/mol. The molecular formula is C10H14N4O3. The molecule has 1 aromatic carbocycles. The molecule has 7 heteroatoms. The van der Waals surface area contributed by atoms with Crippen LogP contribution >= 0.6 is 0 Å². The van der Waals surface area contributed by atoms with Crippen molar-refractivity contribution in [3.8, 4) is 5.75 Å². The number of amides is 2. The second kappa shape index (κ2) is 6.21. The summed E-state index contributed by atoms with van der Waals surface area (Å²) in [7, 11) is 1.51. The lowest BCUT2D eigenvalue weighted by Crippen LogP contribution is -2.25. The zero-order valence-corrected chi connectivity index (χ0v) is 9.30. The lowest BCUT2D eigenvalue weighted by Gasteiger charge is -2.11. The molecule has 0 saturated heterocycles. The summed E-state index contributed by atoms with van der Waals surface area (Å²) >= 11 is 0. The third kappa shape index (κ3) is 3.90. The summed E-state index contributed by atoms with van der Waals surface area (Å²) in [4.78, 5) is 11.2. The van der Waals surface area contributed by atoms with E-state index in [1.807, 2.05) is 0 Å². The van der Waals surface area contributed by atoms with Crippen LogP contribution in [0, 0.1) is 0 Å². The summed E-state index contributed by atoms with van der Waals surface area (Å²) < 4.78 is 5.28. The molecule has 0 bridgehead atoms. The lowest BCUT2D eigenvalue weighted by atomic mass is 10.3. The normalized spacial score (nSPS) is 10.8. The van der Waals surface area contributed by atoms with Crippen molar-refractivity contribution in [2.45, 2.75) is 0 Å². The number of hydrogen-bond donors (Lipinski definition) is 4. The smallest absolute Gasteiger partial charge is 0.319 e. The minimum absolute atomic E-state index is 0.0558. The fourth-order valence-electron chi connectivity index (χ4n) is 1.06.